The second kappa shape index (κ2) is 6.67. The summed E-state index contributed by atoms with van der Waals surface area (Å²) >= 11 is 3.71. The van der Waals surface area contributed by atoms with Crippen molar-refractivity contribution in [3.05, 3.63) is 10.4 Å². The van der Waals surface area contributed by atoms with Gasteiger partial charge in [0.25, 0.3) is 0 Å². The summed E-state index contributed by atoms with van der Waals surface area (Å²) < 4.78 is 0.464. The van der Waals surface area contributed by atoms with Crippen LogP contribution in [0, 0.1) is 0 Å². The highest BCUT2D eigenvalue weighted by atomic mass is 32.2. The van der Waals surface area contributed by atoms with E-state index in [2.05, 4.69) is 51.6 Å². The number of nitrogens with zero attached hydrogens (tertiary/aromatic N) is 3. The van der Waals surface area contributed by atoms with Crippen molar-refractivity contribution in [2.24, 2.45) is 5.11 Å². The fourth-order valence-corrected chi connectivity index (χ4v) is 2.78. The number of azide groups is 1. The molecule has 0 saturated carbocycles. The van der Waals surface area contributed by atoms with E-state index in [-0.39, 0.29) is 15.5 Å². The zero-order valence-electron chi connectivity index (χ0n) is 11.1. The molecule has 0 saturated heterocycles. The second-order valence-corrected chi connectivity index (χ2v) is 9.40. The van der Waals surface area contributed by atoms with E-state index in [1.54, 1.807) is 0 Å². The highest BCUT2D eigenvalue weighted by Gasteiger charge is 2.18. The summed E-state index contributed by atoms with van der Waals surface area (Å²) in [5.74, 6) is 1.80. The molecule has 0 amide bonds. The Kier molecular flexibility index (Phi) is 6.68. The third kappa shape index (κ3) is 10.5. The average molecular weight is 261 g/mol. The average Bonchev–Trinajstić information content (AvgIpc) is 2.07. The summed E-state index contributed by atoms with van der Waals surface area (Å²) in [5, 5.41) is 3.87. The maximum Gasteiger partial charge on any atom is 0.0555 e. The van der Waals surface area contributed by atoms with E-state index in [0.29, 0.717) is 0 Å². The van der Waals surface area contributed by atoms with Gasteiger partial charge in [0.15, 0.2) is 0 Å². The van der Waals surface area contributed by atoms with Crippen LogP contribution in [0.4, 0.5) is 0 Å². The molecule has 0 N–H and O–H groups in total. The van der Waals surface area contributed by atoms with Gasteiger partial charge in [0, 0.05) is 25.9 Å². The number of rotatable bonds is 5. The van der Waals surface area contributed by atoms with E-state index in [4.69, 9.17) is 5.53 Å². The number of hydrogen-bond acceptors (Lipinski definition) is 3. The van der Waals surface area contributed by atoms with Gasteiger partial charge in [-0.1, -0.05) is 46.7 Å². The Labute approximate surface area is 108 Å². The fourth-order valence-electron chi connectivity index (χ4n) is 0.880. The normalized spacial score (nSPS) is 12.7. The molecule has 0 unspecified atom stereocenters. The Morgan fingerprint density at radius 2 is 1.38 bits per heavy atom. The van der Waals surface area contributed by atoms with Gasteiger partial charge in [-0.15, -0.1) is 0 Å². The third-order valence-corrected chi connectivity index (χ3v) is 4.47. The summed E-state index contributed by atoms with van der Waals surface area (Å²) in [6, 6.07) is 0.0958. The van der Waals surface area contributed by atoms with Crippen LogP contribution in [-0.2, 0) is 0 Å². The van der Waals surface area contributed by atoms with Gasteiger partial charge in [0.1, 0.15) is 0 Å². The first kappa shape index (κ1) is 16.0. The third-order valence-electron chi connectivity index (χ3n) is 1.63. The molecule has 0 aromatic heterocycles. The fraction of sp³-hybridized carbons (Fsp3) is 1.00. The minimum atomic E-state index is 0.0958. The molecule has 94 valence electrons. The largest absolute Gasteiger partial charge is 0.156 e. The first-order chi connectivity index (χ1) is 7.14. The van der Waals surface area contributed by atoms with Crippen LogP contribution < -0.4 is 0 Å². The molecule has 3 nitrogen and oxygen atoms in total. The summed E-state index contributed by atoms with van der Waals surface area (Å²) in [5.41, 5.74) is 8.54. The summed E-state index contributed by atoms with van der Waals surface area (Å²) in [7, 11) is 0. The zero-order chi connectivity index (χ0) is 12.8. The Hall–Kier alpha value is 0.01000. The van der Waals surface area contributed by atoms with E-state index in [1.807, 2.05) is 23.5 Å². The summed E-state index contributed by atoms with van der Waals surface area (Å²) in [6.07, 6.45) is 0. The van der Waals surface area contributed by atoms with E-state index >= 15 is 0 Å². The van der Waals surface area contributed by atoms with Crippen LogP contribution in [0.5, 0.6) is 0 Å². The highest BCUT2D eigenvalue weighted by molar-refractivity contribution is 8.01. The summed E-state index contributed by atoms with van der Waals surface area (Å²) in [4.78, 5) is 2.94. The molecule has 0 fully saturated rings. The van der Waals surface area contributed by atoms with Gasteiger partial charge in [0.05, 0.1) is 6.04 Å². The molecule has 0 aliphatic rings. The first-order valence-electron chi connectivity index (χ1n) is 5.46. The van der Waals surface area contributed by atoms with Crippen LogP contribution in [0.25, 0.3) is 10.4 Å². The molecular formula is C11H23N3S2. The molecule has 0 spiro atoms. The molecule has 0 radical (unpaired) electrons. The van der Waals surface area contributed by atoms with Gasteiger partial charge < -0.3 is 0 Å². The lowest BCUT2D eigenvalue weighted by Crippen LogP contribution is -2.20. The minimum absolute atomic E-state index is 0.0958. The van der Waals surface area contributed by atoms with Crippen molar-refractivity contribution in [3.63, 3.8) is 0 Å². The molecule has 0 rings (SSSR count). The van der Waals surface area contributed by atoms with E-state index < -0.39 is 0 Å². The standard InChI is InChI=1S/C11H23N3S2/c1-10(2,3)15-7-9(13-14-12)8-16-11(4,5)6/h9H,7-8H2,1-6H3. The molecule has 16 heavy (non-hydrogen) atoms. The van der Waals surface area contributed by atoms with Gasteiger partial charge in [0.2, 0.25) is 0 Å². The second-order valence-electron chi connectivity index (χ2n) is 5.71. The van der Waals surface area contributed by atoms with Gasteiger partial charge in [-0.3, -0.25) is 0 Å². The summed E-state index contributed by atoms with van der Waals surface area (Å²) in [6.45, 7) is 13.1. The van der Waals surface area contributed by atoms with Gasteiger partial charge >= 0.3 is 0 Å². The van der Waals surface area contributed by atoms with Crippen molar-refractivity contribution < 1.29 is 0 Å². The molecule has 0 aliphatic heterocycles. The lowest BCUT2D eigenvalue weighted by atomic mass is 10.3. The van der Waals surface area contributed by atoms with Gasteiger partial charge in [-0.25, -0.2) is 0 Å². The van der Waals surface area contributed by atoms with Crippen LogP contribution in [0.2, 0.25) is 0 Å². The van der Waals surface area contributed by atoms with E-state index in [0.717, 1.165) is 11.5 Å². The topological polar surface area (TPSA) is 48.8 Å². The van der Waals surface area contributed by atoms with Crippen molar-refractivity contribution in [1.29, 1.82) is 0 Å². The minimum Gasteiger partial charge on any atom is -0.156 e. The maximum atomic E-state index is 8.54. The maximum absolute atomic E-state index is 8.54. The predicted molar refractivity (Wildman–Crippen MR) is 77.4 cm³/mol. The van der Waals surface area contributed by atoms with Crippen molar-refractivity contribution >= 4 is 23.5 Å². The first-order valence-corrected chi connectivity index (χ1v) is 7.43. The smallest absolute Gasteiger partial charge is 0.0555 e. The van der Waals surface area contributed by atoms with Gasteiger partial charge in [-0.05, 0) is 5.53 Å². The molecule has 0 aliphatic carbocycles. The molecule has 0 aromatic carbocycles. The van der Waals surface area contributed by atoms with Crippen LogP contribution >= 0.6 is 23.5 Å². The van der Waals surface area contributed by atoms with Crippen LogP contribution in [0.1, 0.15) is 41.5 Å². The van der Waals surface area contributed by atoms with Crippen molar-refractivity contribution in [3.8, 4) is 0 Å². The molecule has 0 heterocycles. The molecular weight excluding hydrogens is 238 g/mol. The Balaban J connectivity index is 4.14. The Morgan fingerprint density at radius 1 is 1.00 bits per heavy atom. The van der Waals surface area contributed by atoms with Gasteiger partial charge in [-0.2, -0.15) is 23.5 Å². The molecule has 0 bridgehead atoms. The zero-order valence-corrected chi connectivity index (χ0v) is 12.8. The lowest BCUT2D eigenvalue weighted by Gasteiger charge is -2.23. The lowest BCUT2D eigenvalue weighted by molar-refractivity contribution is 0.772. The monoisotopic (exact) mass is 261 g/mol. The Morgan fingerprint density at radius 3 is 1.62 bits per heavy atom. The van der Waals surface area contributed by atoms with Crippen molar-refractivity contribution in [2.45, 2.75) is 57.1 Å². The highest BCUT2D eigenvalue weighted by Crippen LogP contribution is 2.28. The predicted octanol–water partition coefficient (Wildman–Crippen LogP) is 4.73. The van der Waals surface area contributed by atoms with Crippen LogP contribution in [0.15, 0.2) is 5.11 Å². The van der Waals surface area contributed by atoms with E-state index in [1.165, 1.54) is 0 Å². The van der Waals surface area contributed by atoms with Crippen LogP contribution in [-0.4, -0.2) is 27.0 Å². The van der Waals surface area contributed by atoms with Crippen molar-refractivity contribution in [1.82, 2.24) is 0 Å². The van der Waals surface area contributed by atoms with Crippen molar-refractivity contribution in [2.75, 3.05) is 11.5 Å². The molecule has 0 atom stereocenters. The number of thioether (sulfide) groups is 2. The van der Waals surface area contributed by atoms with E-state index in [9.17, 15) is 0 Å². The molecule has 5 heteroatoms. The molecule has 0 aromatic rings. The Bertz CT molecular complexity index is 229. The number of hydrogen-bond donors (Lipinski definition) is 0. The SMILES string of the molecule is CC(C)(C)SCC(CSC(C)(C)C)N=[N+]=[N-]. The quantitative estimate of drug-likeness (QED) is 0.408. The van der Waals surface area contributed by atoms with Crippen LogP contribution in [0.3, 0.4) is 0 Å².